The van der Waals surface area contributed by atoms with Gasteiger partial charge in [-0.05, 0) is 19.8 Å². The Kier molecular flexibility index (Phi) is 3.07. The van der Waals surface area contributed by atoms with E-state index in [1.165, 1.54) is 29.8 Å². The van der Waals surface area contributed by atoms with E-state index >= 15 is 0 Å². The van der Waals surface area contributed by atoms with E-state index in [1.807, 2.05) is 6.92 Å². The normalized spacial score (nSPS) is 19.1. The molecule has 0 atom stereocenters. The lowest BCUT2D eigenvalue weighted by atomic mass is 10.0. The van der Waals surface area contributed by atoms with Gasteiger partial charge < -0.3 is 10.1 Å². The van der Waals surface area contributed by atoms with E-state index in [0.717, 1.165) is 31.9 Å². The smallest absolute Gasteiger partial charge is 0.154 e. The first kappa shape index (κ1) is 11.1. The Bertz CT molecular complexity index is 415. The molecule has 1 aromatic heterocycles. The van der Waals surface area contributed by atoms with Gasteiger partial charge in [-0.25, -0.2) is 9.97 Å². The number of nitrogens with zero attached hydrogens (tertiary/aromatic N) is 2. The van der Waals surface area contributed by atoms with Gasteiger partial charge in [0.25, 0.3) is 0 Å². The van der Waals surface area contributed by atoms with Crippen molar-refractivity contribution in [2.75, 3.05) is 13.2 Å². The minimum atomic E-state index is 0.553. The van der Waals surface area contributed by atoms with Gasteiger partial charge in [-0.1, -0.05) is 0 Å². The molecule has 1 saturated carbocycles. The van der Waals surface area contributed by atoms with E-state index in [1.54, 1.807) is 0 Å². The molecule has 0 saturated heterocycles. The van der Waals surface area contributed by atoms with Crippen molar-refractivity contribution >= 4 is 0 Å². The average Bonchev–Trinajstić information content (AvgIpc) is 3.19. The van der Waals surface area contributed by atoms with Gasteiger partial charge in [-0.15, -0.1) is 0 Å². The first-order valence-corrected chi connectivity index (χ1v) is 6.55. The van der Waals surface area contributed by atoms with Crippen LogP contribution in [0.3, 0.4) is 0 Å². The molecular weight excluding hydrogens is 214 g/mol. The van der Waals surface area contributed by atoms with Crippen molar-refractivity contribution in [1.29, 1.82) is 0 Å². The molecule has 0 amide bonds. The lowest BCUT2D eigenvalue weighted by Crippen LogP contribution is -2.27. The summed E-state index contributed by atoms with van der Waals surface area (Å²) in [5, 5.41) is 3.42. The van der Waals surface area contributed by atoms with E-state index in [2.05, 4.69) is 10.3 Å². The van der Waals surface area contributed by atoms with Gasteiger partial charge in [0.05, 0.1) is 11.4 Å². The molecule has 0 unspecified atom stereocenters. The maximum absolute atomic E-state index is 5.43. The van der Waals surface area contributed by atoms with E-state index in [9.17, 15) is 0 Å². The van der Waals surface area contributed by atoms with Gasteiger partial charge in [0.2, 0.25) is 0 Å². The van der Waals surface area contributed by atoms with Crippen LogP contribution in [-0.2, 0) is 24.3 Å². The number of hydrogen-bond donors (Lipinski definition) is 1. The molecular formula is C13H19N3O. The highest BCUT2D eigenvalue weighted by Gasteiger charge is 2.30. The highest BCUT2D eigenvalue weighted by Crippen LogP contribution is 2.41. The second-order valence-electron chi connectivity index (χ2n) is 4.79. The third kappa shape index (κ3) is 2.33. The van der Waals surface area contributed by atoms with Crippen LogP contribution in [0.1, 0.15) is 48.5 Å². The van der Waals surface area contributed by atoms with Crippen LogP contribution in [0.5, 0.6) is 0 Å². The van der Waals surface area contributed by atoms with E-state index < -0.39 is 0 Å². The van der Waals surface area contributed by atoms with Crippen molar-refractivity contribution in [3.63, 3.8) is 0 Å². The van der Waals surface area contributed by atoms with Gasteiger partial charge >= 0.3 is 0 Å². The van der Waals surface area contributed by atoms with Crippen LogP contribution in [0.4, 0.5) is 0 Å². The van der Waals surface area contributed by atoms with Crippen LogP contribution < -0.4 is 5.32 Å². The van der Waals surface area contributed by atoms with Gasteiger partial charge in [0, 0.05) is 37.6 Å². The van der Waals surface area contributed by atoms with Crippen LogP contribution in [0.15, 0.2) is 0 Å². The highest BCUT2D eigenvalue weighted by atomic mass is 16.5. The molecule has 17 heavy (non-hydrogen) atoms. The van der Waals surface area contributed by atoms with Crippen molar-refractivity contribution in [2.24, 2.45) is 0 Å². The first-order chi connectivity index (χ1) is 8.38. The van der Waals surface area contributed by atoms with E-state index in [-0.39, 0.29) is 0 Å². The summed E-state index contributed by atoms with van der Waals surface area (Å²) < 4.78 is 5.43. The summed E-state index contributed by atoms with van der Waals surface area (Å²) in [6.07, 6.45) is 3.60. The summed E-state index contributed by atoms with van der Waals surface area (Å²) in [6, 6.07) is 0. The first-order valence-electron chi connectivity index (χ1n) is 6.55. The summed E-state index contributed by atoms with van der Waals surface area (Å²) in [6.45, 7) is 5.25. The summed E-state index contributed by atoms with van der Waals surface area (Å²) in [5.41, 5.74) is 3.89. The van der Waals surface area contributed by atoms with Crippen LogP contribution in [0.25, 0.3) is 0 Å². The molecule has 1 aliphatic heterocycles. The Morgan fingerprint density at radius 3 is 3.00 bits per heavy atom. The number of fused-ring (bicyclic) bond motifs is 1. The van der Waals surface area contributed by atoms with Crippen LogP contribution in [-0.4, -0.2) is 23.1 Å². The molecule has 92 valence electrons. The molecule has 4 nitrogen and oxygen atoms in total. The Hall–Kier alpha value is -1.00. The summed E-state index contributed by atoms with van der Waals surface area (Å²) in [5.74, 6) is 1.56. The van der Waals surface area contributed by atoms with Crippen LogP contribution in [0.2, 0.25) is 0 Å². The zero-order valence-electron chi connectivity index (χ0n) is 10.3. The fourth-order valence-electron chi connectivity index (χ4n) is 2.37. The number of nitrogens with one attached hydrogen (secondary N) is 1. The van der Waals surface area contributed by atoms with Gasteiger partial charge in [0.1, 0.15) is 6.61 Å². The number of ether oxygens (including phenoxy) is 1. The van der Waals surface area contributed by atoms with Crippen molar-refractivity contribution in [1.82, 2.24) is 15.3 Å². The summed E-state index contributed by atoms with van der Waals surface area (Å²) in [4.78, 5) is 9.35. The Labute approximate surface area is 102 Å². The SMILES string of the molecule is CCOCc1nc2c(c(C3CC3)n1)CNCC2. The number of aromatic nitrogens is 2. The maximum atomic E-state index is 5.43. The lowest BCUT2D eigenvalue weighted by molar-refractivity contribution is 0.128. The van der Waals surface area contributed by atoms with Crippen molar-refractivity contribution in [3.05, 3.63) is 22.8 Å². The predicted molar refractivity (Wildman–Crippen MR) is 64.7 cm³/mol. The molecule has 3 rings (SSSR count). The van der Waals surface area contributed by atoms with Gasteiger partial charge in [-0.2, -0.15) is 0 Å². The second kappa shape index (κ2) is 4.70. The minimum Gasteiger partial charge on any atom is -0.374 e. The van der Waals surface area contributed by atoms with E-state index in [0.29, 0.717) is 12.5 Å². The Morgan fingerprint density at radius 2 is 2.24 bits per heavy atom. The molecule has 1 aliphatic carbocycles. The molecule has 0 bridgehead atoms. The largest absolute Gasteiger partial charge is 0.374 e. The Morgan fingerprint density at radius 1 is 1.35 bits per heavy atom. The third-order valence-electron chi connectivity index (χ3n) is 3.41. The summed E-state index contributed by atoms with van der Waals surface area (Å²) in [7, 11) is 0. The van der Waals surface area contributed by atoms with Crippen molar-refractivity contribution in [3.8, 4) is 0 Å². The van der Waals surface area contributed by atoms with Crippen LogP contribution in [0, 0.1) is 0 Å². The number of hydrogen-bond acceptors (Lipinski definition) is 4. The monoisotopic (exact) mass is 233 g/mol. The minimum absolute atomic E-state index is 0.553. The predicted octanol–water partition coefficient (Wildman–Crippen LogP) is 1.54. The molecule has 0 spiro atoms. The van der Waals surface area contributed by atoms with Crippen molar-refractivity contribution in [2.45, 2.75) is 45.3 Å². The fourth-order valence-corrected chi connectivity index (χ4v) is 2.37. The lowest BCUT2D eigenvalue weighted by Gasteiger charge is -2.20. The quantitative estimate of drug-likeness (QED) is 0.857. The molecule has 1 aromatic rings. The number of rotatable bonds is 4. The molecule has 0 aromatic carbocycles. The fraction of sp³-hybridized carbons (Fsp3) is 0.692. The van der Waals surface area contributed by atoms with Gasteiger partial charge in [-0.3, -0.25) is 0 Å². The molecule has 2 aliphatic rings. The zero-order valence-corrected chi connectivity index (χ0v) is 10.3. The van der Waals surface area contributed by atoms with Crippen molar-refractivity contribution < 1.29 is 4.74 Å². The molecule has 1 fully saturated rings. The topological polar surface area (TPSA) is 47.0 Å². The average molecular weight is 233 g/mol. The molecule has 2 heterocycles. The van der Waals surface area contributed by atoms with Crippen LogP contribution >= 0.6 is 0 Å². The molecule has 0 radical (unpaired) electrons. The van der Waals surface area contributed by atoms with E-state index in [4.69, 9.17) is 9.72 Å². The third-order valence-corrected chi connectivity index (χ3v) is 3.41. The maximum Gasteiger partial charge on any atom is 0.154 e. The highest BCUT2D eigenvalue weighted by molar-refractivity contribution is 5.32. The van der Waals surface area contributed by atoms with Gasteiger partial charge in [0.15, 0.2) is 5.82 Å². The molecule has 1 N–H and O–H groups in total. The standard InChI is InChI=1S/C13H19N3O/c1-2-17-8-12-15-11-5-6-14-7-10(11)13(16-12)9-3-4-9/h9,14H,2-8H2,1H3. The zero-order chi connectivity index (χ0) is 11.7. The summed E-state index contributed by atoms with van der Waals surface area (Å²) >= 11 is 0. The Balaban J connectivity index is 1.93. The molecule has 4 heteroatoms. The second-order valence-corrected chi connectivity index (χ2v) is 4.79.